The maximum Gasteiger partial charge on any atom is 0.120 e. The smallest absolute Gasteiger partial charge is 0.120 e. The molecule has 2 rings (SSSR count). The van der Waals surface area contributed by atoms with Gasteiger partial charge < -0.3 is 10.3 Å². The van der Waals surface area contributed by atoms with Gasteiger partial charge in [-0.25, -0.2) is 4.98 Å². The van der Waals surface area contributed by atoms with Gasteiger partial charge in [0.2, 0.25) is 0 Å². The van der Waals surface area contributed by atoms with E-state index in [9.17, 15) is 0 Å². The summed E-state index contributed by atoms with van der Waals surface area (Å²) in [6, 6.07) is 9.64. The van der Waals surface area contributed by atoms with Crippen molar-refractivity contribution in [1.29, 1.82) is 5.26 Å². The summed E-state index contributed by atoms with van der Waals surface area (Å²) in [6.45, 7) is 3.86. The summed E-state index contributed by atoms with van der Waals surface area (Å²) in [5.41, 5.74) is 2.59. The fourth-order valence-corrected chi connectivity index (χ4v) is 1.74. The van der Waals surface area contributed by atoms with Crippen molar-refractivity contribution in [1.82, 2.24) is 15.3 Å². The molecule has 0 bridgehead atoms. The van der Waals surface area contributed by atoms with Crippen molar-refractivity contribution in [3.05, 3.63) is 41.9 Å². The second kappa shape index (κ2) is 5.99. The number of H-pyrrole nitrogens is 1. The molecule has 0 aliphatic rings. The number of aromatic nitrogens is 2. The number of benzene rings is 1. The van der Waals surface area contributed by atoms with Crippen molar-refractivity contribution in [2.45, 2.75) is 19.9 Å². The Kier molecular flexibility index (Phi) is 4.11. The first-order chi connectivity index (χ1) is 8.83. The average Bonchev–Trinajstić information content (AvgIpc) is 2.88. The number of hydrogen-bond acceptors (Lipinski definition) is 3. The summed E-state index contributed by atoms with van der Waals surface area (Å²) in [6.07, 6.45) is 2.91. The Morgan fingerprint density at radius 2 is 2.33 bits per heavy atom. The standard InChI is InChI=1S/C14H16N4/c1-2-6-16-10-14-17-9-13(18-14)12-5-3-4-11(7-12)8-15/h3-5,7,9,16H,2,6,10H2,1H3,(H,17,18). The second-order valence-electron chi connectivity index (χ2n) is 4.11. The third kappa shape index (κ3) is 2.96. The molecule has 0 radical (unpaired) electrons. The molecule has 1 aromatic heterocycles. The number of nitrogens with zero attached hydrogens (tertiary/aromatic N) is 2. The van der Waals surface area contributed by atoms with Crippen molar-refractivity contribution in [3.8, 4) is 17.3 Å². The van der Waals surface area contributed by atoms with E-state index in [4.69, 9.17) is 5.26 Å². The molecular formula is C14H16N4. The van der Waals surface area contributed by atoms with Crippen LogP contribution in [0.25, 0.3) is 11.3 Å². The number of hydrogen-bond donors (Lipinski definition) is 2. The number of nitriles is 1. The Morgan fingerprint density at radius 3 is 3.11 bits per heavy atom. The molecule has 4 nitrogen and oxygen atoms in total. The van der Waals surface area contributed by atoms with E-state index in [1.54, 1.807) is 12.3 Å². The van der Waals surface area contributed by atoms with Gasteiger partial charge in [-0.3, -0.25) is 0 Å². The van der Waals surface area contributed by atoms with E-state index in [0.717, 1.165) is 36.6 Å². The van der Waals surface area contributed by atoms with E-state index in [2.05, 4.69) is 28.3 Å². The molecule has 0 atom stereocenters. The fraction of sp³-hybridized carbons (Fsp3) is 0.286. The molecule has 1 heterocycles. The Balaban J connectivity index is 2.11. The minimum absolute atomic E-state index is 0.660. The van der Waals surface area contributed by atoms with E-state index in [-0.39, 0.29) is 0 Å². The number of rotatable bonds is 5. The predicted molar refractivity (Wildman–Crippen MR) is 70.7 cm³/mol. The lowest BCUT2D eigenvalue weighted by molar-refractivity contribution is 0.655. The minimum atomic E-state index is 0.660. The van der Waals surface area contributed by atoms with E-state index in [0.29, 0.717) is 5.56 Å². The second-order valence-corrected chi connectivity index (χ2v) is 4.11. The Hall–Kier alpha value is -2.12. The fourth-order valence-electron chi connectivity index (χ4n) is 1.74. The van der Waals surface area contributed by atoms with Gasteiger partial charge in [-0.05, 0) is 25.1 Å². The molecule has 0 saturated carbocycles. The lowest BCUT2D eigenvalue weighted by Crippen LogP contribution is -2.14. The minimum Gasteiger partial charge on any atom is -0.341 e. The molecule has 0 spiro atoms. The average molecular weight is 240 g/mol. The molecule has 1 aromatic carbocycles. The highest BCUT2D eigenvalue weighted by Crippen LogP contribution is 2.18. The first-order valence-corrected chi connectivity index (χ1v) is 6.08. The maximum absolute atomic E-state index is 8.87. The first kappa shape index (κ1) is 12.3. The van der Waals surface area contributed by atoms with Crippen LogP contribution in [0.3, 0.4) is 0 Å². The van der Waals surface area contributed by atoms with Gasteiger partial charge in [0, 0.05) is 5.56 Å². The maximum atomic E-state index is 8.87. The van der Waals surface area contributed by atoms with E-state index < -0.39 is 0 Å². The van der Waals surface area contributed by atoms with Crippen LogP contribution in [-0.4, -0.2) is 16.5 Å². The molecule has 2 N–H and O–H groups in total. The Labute approximate surface area is 107 Å². The quantitative estimate of drug-likeness (QED) is 0.789. The van der Waals surface area contributed by atoms with Crippen LogP contribution in [0.1, 0.15) is 24.7 Å². The van der Waals surface area contributed by atoms with Crippen molar-refractivity contribution in [3.63, 3.8) is 0 Å². The summed E-state index contributed by atoms with van der Waals surface area (Å²) < 4.78 is 0. The highest BCUT2D eigenvalue weighted by Gasteiger charge is 2.03. The molecule has 0 unspecified atom stereocenters. The summed E-state index contributed by atoms with van der Waals surface area (Å²) in [7, 11) is 0. The lowest BCUT2D eigenvalue weighted by Gasteiger charge is -2.00. The van der Waals surface area contributed by atoms with Crippen molar-refractivity contribution >= 4 is 0 Å². The molecule has 0 saturated heterocycles. The van der Waals surface area contributed by atoms with Crippen LogP contribution in [0.15, 0.2) is 30.5 Å². The zero-order chi connectivity index (χ0) is 12.8. The summed E-state index contributed by atoms with van der Waals surface area (Å²) in [5.74, 6) is 0.917. The lowest BCUT2D eigenvalue weighted by atomic mass is 10.1. The van der Waals surface area contributed by atoms with Gasteiger partial charge in [-0.2, -0.15) is 5.26 Å². The highest BCUT2D eigenvalue weighted by atomic mass is 15.0. The largest absolute Gasteiger partial charge is 0.341 e. The molecule has 0 aliphatic heterocycles. The van der Waals surface area contributed by atoms with Crippen molar-refractivity contribution in [2.24, 2.45) is 0 Å². The van der Waals surface area contributed by atoms with Crippen LogP contribution >= 0.6 is 0 Å². The summed E-state index contributed by atoms with van der Waals surface area (Å²) in [5, 5.41) is 12.2. The predicted octanol–water partition coefficient (Wildman–Crippen LogP) is 2.45. The number of imidazole rings is 1. The SMILES string of the molecule is CCCNCc1ncc(-c2cccc(C#N)c2)[nH]1. The van der Waals surface area contributed by atoms with Crippen molar-refractivity contribution in [2.75, 3.05) is 6.54 Å². The van der Waals surface area contributed by atoms with Crippen LogP contribution in [0.4, 0.5) is 0 Å². The topological polar surface area (TPSA) is 64.5 Å². The monoisotopic (exact) mass is 240 g/mol. The van der Waals surface area contributed by atoms with Gasteiger partial charge in [0.15, 0.2) is 0 Å². The molecule has 0 aliphatic carbocycles. The number of aromatic amines is 1. The third-order valence-corrected chi connectivity index (χ3v) is 2.65. The molecule has 4 heteroatoms. The molecule has 92 valence electrons. The van der Waals surface area contributed by atoms with Crippen molar-refractivity contribution < 1.29 is 0 Å². The van der Waals surface area contributed by atoms with E-state index >= 15 is 0 Å². The zero-order valence-corrected chi connectivity index (χ0v) is 10.4. The van der Waals surface area contributed by atoms with Gasteiger partial charge in [0.25, 0.3) is 0 Å². The van der Waals surface area contributed by atoms with Crippen LogP contribution in [0, 0.1) is 11.3 Å². The van der Waals surface area contributed by atoms with Crippen LogP contribution < -0.4 is 5.32 Å². The Morgan fingerprint density at radius 1 is 1.44 bits per heavy atom. The molecule has 0 amide bonds. The van der Waals surface area contributed by atoms with Gasteiger partial charge in [0.05, 0.1) is 30.1 Å². The van der Waals surface area contributed by atoms with Gasteiger partial charge in [-0.15, -0.1) is 0 Å². The summed E-state index contributed by atoms with van der Waals surface area (Å²) >= 11 is 0. The third-order valence-electron chi connectivity index (χ3n) is 2.65. The van der Waals surface area contributed by atoms with E-state index in [1.165, 1.54) is 0 Å². The molecule has 2 aromatic rings. The van der Waals surface area contributed by atoms with Crippen LogP contribution in [0.5, 0.6) is 0 Å². The summed E-state index contributed by atoms with van der Waals surface area (Å²) in [4.78, 5) is 7.58. The normalized spacial score (nSPS) is 10.2. The molecule has 18 heavy (non-hydrogen) atoms. The Bertz CT molecular complexity index is 551. The molecular weight excluding hydrogens is 224 g/mol. The van der Waals surface area contributed by atoms with Crippen LogP contribution in [0.2, 0.25) is 0 Å². The highest BCUT2D eigenvalue weighted by molar-refractivity contribution is 5.60. The van der Waals surface area contributed by atoms with Gasteiger partial charge in [0.1, 0.15) is 5.82 Å². The van der Waals surface area contributed by atoms with E-state index in [1.807, 2.05) is 18.2 Å². The van der Waals surface area contributed by atoms with Gasteiger partial charge >= 0.3 is 0 Å². The van der Waals surface area contributed by atoms with Gasteiger partial charge in [-0.1, -0.05) is 19.1 Å². The molecule has 0 fully saturated rings. The zero-order valence-electron chi connectivity index (χ0n) is 10.4. The number of nitrogens with one attached hydrogen (secondary N) is 2. The van der Waals surface area contributed by atoms with Crippen LogP contribution in [-0.2, 0) is 6.54 Å². The first-order valence-electron chi connectivity index (χ1n) is 6.08.